The van der Waals surface area contributed by atoms with Gasteiger partial charge in [-0.25, -0.2) is 0 Å². The zero-order chi connectivity index (χ0) is 0. The quantitative estimate of drug-likeness (QED) is 0.377. The molecule has 50 valence electrons. The van der Waals surface area contributed by atoms with E-state index < -0.39 is 0 Å². The van der Waals surface area contributed by atoms with Gasteiger partial charge in [0.15, 0.2) is 0 Å². The van der Waals surface area contributed by atoms with E-state index in [0.29, 0.717) is 0 Å². The number of hydrogen-bond acceptors (Lipinski definition) is 0. The van der Waals surface area contributed by atoms with Gasteiger partial charge in [-0.3, -0.25) is 0 Å². The van der Waals surface area contributed by atoms with E-state index in [1.807, 2.05) is 0 Å². The SMILES string of the molecule is [Fe+3].[Fe+3].[Li+].[Li+].[Na+].[Na+].[O-2].[O-2].[O-2].[O-2].[O-2]. The molecule has 0 aromatic carbocycles. The van der Waals surface area contributed by atoms with Crippen LogP contribution in [0.15, 0.2) is 0 Å². The average molecular weight is 252 g/mol. The molecule has 2 radical (unpaired) electrons. The summed E-state index contributed by atoms with van der Waals surface area (Å²) in [5, 5.41) is 0. The van der Waals surface area contributed by atoms with Gasteiger partial charge in [-0.05, 0) is 0 Å². The summed E-state index contributed by atoms with van der Waals surface area (Å²) >= 11 is 0. The minimum absolute atomic E-state index is 0. The molecule has 0 fully saturated rings. The van der Waals surface area contributed by atoms with Crippen LogP contribution >= 0.6 is 0 Å². The van der Waals surface area contributed by atoms with Gasteiger partial charge in [-0.15, -0.1) is 0 Å². The van der Waals surface area contributed by atoms with Crippen molar-refractivity contribution in [1.82, 2.24) is 0 Å². The van der Waals surface area contributed by atoms with Crippen LogP contribution in [0, 0.1) is 0 Å². The molecule has 0 aromatic heterocycles. The van der Waals surface area contributed by atoms with Crippen LogP contribution in [-0.2, 0) is 61.5 Å². The zero-order valence-corrected chi connectivity index (χ0v) is 13.0. The summed E-state index contributed by atoms with van der Waals surface area (Å²) in [6.45, 7) is 0. The summed E-state index contributed by atoms with van der Waals surface area (Å²) in [7, 11) is 0. The Kier molecular flexibility index (Phi) is 2420. The van der Waals surface area contributed by atoms with Crippen LogP contribution in [0.2, 0.25) is 0 Å². The molecule has 0 unspecified atom stereocenters. The maximum absolute atomic E-state index is 0. The third kappa shape index (κ3) is 125. The topological polar surface area (TPSA) is 142 Å². The number of rotatable bonds is 0. The molecule has 0 aliphatic carbocycles. The van der Waals surface area contributed by atoms with E-state index in [9.17, 15) is 0 Å². The smallest absolute Gasteiger partial charge is 2.00 e. The van der Waals surface area contributed by atoms with Crippen LogP contribution in [0.3, 0.4) is 0 Å². The molecule has 0 saturated heterocycles. The predicted octanol–water partition coefficient (Wildman–Crippen LogP) is -12.6. The second-order valence-electron chi connectivity index (χ2n) is 0. The average Bonchev–Trinajstić information content (AvgIpc) is 0. The van der Waals surface area contributed by atoms with Crippen molar-refractivity contribution in [3.05, 3.63) is 0 Å². The van der Waals surface area contributed by atoms with Gasteiger partial charge in [-0.1, -0.05) is 0 Å². The molecule has 0 aliphatic rings. The molecular formula is Fe2Li2Na2O5. The second kappa shape index (κ2) is 147. The number of hydrogen-bond donors (Lipinski definition) is 0. The summed E-state index contributed by atoms with van der Waals surface area (Å²) in [5.41, 5.74) is 0. The van der Waals surface area contributed by atoms with Crippen LogP contribution in [0.25, 0.3) is 0 Å². The summed E-state index contributed by atoms with van der Waals surface area (Å²) in [4.78, 5) is 0. The van der Waals surface area contributed by atoms with E-state index in [1.165, 1.54) is 0 Å². The summed E-state index contributed by atoms with van der Waals surface area (Å²) in [5.74, 6) is 0. The van der Waals surface area contributed by atoms with Gasteiger partial charge in [0.05, 0.1) is 0 Å². The third-order valence-corrected chi connectivity index (χ3v) is 0. The fraction of sp³-hybridized carbons (Fsp3) is 0. The Hall–Kier alpha value is 4.03. The molecule has 0 atom stereocenters. The molecule has 5 nitrogen and oxygen atoms in total. The van der Waals surface area contributed by atoms with E-state index in [2.05, 4.69) is 0 Å². The normalized spacial score (nSPS) is 0. The first kappa shape index (κ1) is 182. The van der Waals surface area contributed by atoms with Crippen molar-refractivity contribution >= 4 is 0 Å². The summed E-state index contributed by atoms with van der Waals surface area (Å²) < 4.78 is 0. The van der Waals surface area contributed by atoms with Crippen molar-refractivity contribution in [2.24, 2.45) is 0 Å². The van der Waals surface area contributed by atoms with Crippen molar-refractivity contribution in [3.63, 3.8) is 0 Å². The Balaban J connectivity index is 0. The molecule has 0 heterocycles. The van der Waals surface area contributed by atoms with Gasteiger partial charge in [0.2, 0.25) is 0 Å². The standard InChI is InChI=1S/2Fe.2Li.2Na.5O/q2*+3;4*+1;5*-2. The zero-order valence-electron chi connectivity index (χ0n) is 6.75. The van der Waals surface area contributed by atoms with Crippen molar-refractivity contribution < 1.29 is 158 Å². The molecule has 11 heavy (non-hydrogen) atoms. The van der Waals surface area contributed by atoms with Crippen LogP contribution in [-0.4, -0.2) is 0 Å². The molecule has 0 spiro atoms. The Morgan fingerprint density at radius 2 is 0.364 bits per heavy atom. The molecule has 0 bridgehead atoms. The Bertz CT molecular complexity index is 20.4. The molecule has 0 aromatic rings. The molecule has 0 amide bonds. The van der Waals surface area contributed by atoms with Crippen molar-refractivity contribution in [3.8, 4) is 0 Å². The Morgan fingerprint density at radius 3 is 0.364 bits per heavy atom. The Labute approximate surface area is 155 Å². The molecule has 11 heteroatoms. The van der Waals surface area contributed by atoms with Crippen LogP contribution in [0.5, 0.6) is 0 Å². The van der Waals surface area contributed by atoms with Gasteiger partial charge in [0.25, 0.3) is 0 Å². The summed E-state index contributed by atoms with van der Waals surface area (Å²) in [6, 6.07) is 0. The second-order valence-corrected chi connectivity index (χ2v) is 0. The molecule has 0 aliphatic heterocycles. The minimum atomic E-state index is 0. The van der Waals surface area contributed by atoms with Crippen molar-refractivity contribution in [2.75, 3.05) is 0 Å². The van der Waals surface area contributed by atoms with Crippen LogP contribution in [0.4, 0.5) is 0 Å². The van der Waals surface area contributed by atoms with E-state index in [1.54, 1.807) is 0 Å². The molecule has 0 N–H and O–H groups in total. The van der Waals surface area contributed by atoms with E-state index in [-0.39, 0.29) is 158 Å². The maximum Gasteiger partial charge on any atom is 3.00 e. The maximum atomic E-state index is 0. The van der Waals surface area contributed by atoms with Gasteiger partial charge in [0.1, 0.15) is 0 Å². The van der Waals surface area contributed by atoms with E-state index >= 15 is 0 Å². The molecule has 0 saturated carbocycles. The third-order valence-electron chi connectivity index (χ3n) is 0. The van der Waals surface area contributed by atoms with Gasteiger partial charge >= 0.3 is 131 Å². The molecular weight excluding hydrogens is 252 g/mol. The minimum Gasteiger partial charge on any atom is -2.00 e. The largest absolute Gasteiger partial charge is 3.00 e. The monoisotopic (exact) mass is 252 g/mol. The first-order chi connectivity index (χ1) is 0. The molecule has 0 rings (SSSR count). The van der Waals surface area contributed by atoms with Crippen molar-refractivity contribution in [1.29, 1.82) is 0 Å². The van der Waals surface area contributed by atoms with E-state index in [0.717, 1.165) is 0 Å². The fourth-order valence-corrected chi connectivity index (χ4v) is 0. The van der Waals surface area contributed by atoms with Crippen LogP contribution < -0.4 is 96.8 Å². The van der Waals surface area contributed by atoms with Gasteiger partial charge in [-0.2, -0.15) is 0 Å². The van der Waals surface area contributed by atoms with Crippen molar-refractivity contribution in [2.45, 2.75) is 0 Å². The fourth-order valence-electron chi connectivity index (χ4n) is 0. The first-order valence-corrected chi connectivity index (χ1v) is 0. The predicted molar refractivity (Wildman–Crippen MR) is 3.43 cm³/mol. The van der Waals surface area contributed by atoms with E-state index in [4.69, 9.17) is 0 Å². The van der Waals surface area contributed by atoms with Gasteiger partial charge < -0.3 is 27.4 Å². The Morgan fingerprint density at radius 1 is 0.364 bits per heavy atom. The summed E-state index contributed by atoms with van der Waals surface area (Å²) in [6.07, 6.45) is 0. The van der Waals surface area contributed by atoms with Gasteiger partial charge in [0, 0.05) is 0 Å². The first-order valence-electron chi connectivity index (χ1n) is 0. The van der Waals surface area contributed by atoms with Crippen LogP contribution in [0.1, 0.15) is 0 Å².